The second-order valence-corrected chi connectivity index (χ2v) is 6.14. The first kappa shape index (κ1) is 25.3. The summed E-state index contributed by atoms with van der Waals surface area (Å²) < 4.78 is 86.7. The summed E-state index contributed by atoms with van der Waals surface area (Å²) in [5, 5.41) is 4.83. The molecule has 0 atom stereocenters. The second-order valence-electron chi connectivity index (χ2n) is 6.14. The molecule has 0 heterocycles. The van der Waals surface area contributed by atoms with Gasteiger partial charge in [0.1, 0.15) is 12.0 Å². The zero-order valence-corrected chi connectivity index (χ0v) is 16.8. The van der Waals surface area contributed by atoms with Crippen LogP contribution in [0.3, 0.4) is 0 Å². The molecule has 0 saturated carbocycles. The van der Waals surface area contributed by atoms with Crippen LogP contribution >= 0.6 is 0 Å². The Kier molecular flexibility index (Phi) is 8.10. The Morgan fingerprint density at radius 3 is 2.21 bits per heavy atom. The number of allylic oxidation sites excluding steroid dienone is 2. The molecule has 33 heavy (non-hydrogen) atoms. The Balaban J connectivity index is 2.50. The Morgan fingerprint density at radius 2 is 1.64 bits per heavy atom. The number of rotatable bonds is 8. The van der Waals surface area contributed by atoms with Gasteiger partial charge in [0, 0.05) is 18.8 Å². The van der Waals surface area contributed by atoms with Crippen LogP contribution in [0.5, 0.6) is 17.2 Å². The monoisotopic (exact) mass is 474 g/mol. The van der Waals surface area contributed by atoms with Crippen molar-refractivity contribution in [3.63, 3.8) is 0 Å². The highest BCUT2D eigenvalue weighted by atomic mass is 19.4. The molecule has 0 saturated heterocycles. The van der Waals surface area contributed by atoms with Crippen molar-refractivity contribution < 1.29 is 45.4 Å². The predicted molar refractivity (Wildman–Crippen MR) is 104 cm³/mol. The maximum atomic E-state index is 13.2. The van der Waals surface area contributed by atoms with Gasteiger partial charge in [-0.25, -0.2) is 0 Å². The maximum absolute atomic E-state index is 13.2. The van der Waals surface area contributed by atoms with Gasteiger partial charge in [-0.3, -0.25) is 9.59 Å². The van der Waals surface area contributed by atoms with E-state index in [9.17, 15) is 35.9 Å². The molecular formula is C21H16F6N2O4. The molecule has 2 rings (SSSR count). The SMILES string of the molecule is CN/C=C\C(=C/C=O)NC(=O)c1cc(C(F)(F)F)ccc1Oc1ccccc1OC(F)(F)F. The third kappa shape index (κ3) is 7.59. The topological polar surface area (TPSA) is 76.7 Å². The van der Waals surface area contributed by atoms with Crippen molar-refractivity contribution in [3.05, 3.63) is 77.6 Å². The minimum atomic E-state index is -5.06. The molecule has 0 fully saturated rings. The van der Waals surface area contributed by atoms with Crippen molar-refractivity contribution in [1.82, 2.24) is 10.6 Å². The van der Waals surface area contributed by atoms with Crippen LogP contribution in [0.25, 0.3) is 0 Å². The highest BCUT2D eigenvalue weighted by Crippen LogP contribution is 2.38. The summed E-state index contributed by atoms with van der Waals surface area (Å²) >= 11 is 0. The van der Waals surface area contributed by atoms with Gasteiger partial charge in [-0.1, -0.05) is 12.1 Å². The fourth-order valence-corrected chi connectivity index (χ4v) is 2.42. The van der Waals surface area contributed by atoms with Gasteiger partial charge in [0.05, 0.1) is 11.1 Å². The number of hydrogen-bond donors (Lipinski definition) is 2. The molecule has 1 amide bonds. The molecule has 0 aliphatic heterocycles. The molecule has 2 N–H and O–H groups in total. The maximum Gasteiger partial charge on any atom is 0.573 e. The van der Waals surface area contributed by atoms with E-state index in [-0.39, 0.29) is 5.70 Å². The molecule has 2 aromatic rings. The molecular weight excluding hydrogens is 458 g/mol. The lowest BCUT2D eigenvalue weighted by molar-refractivity contribution is -0.275. The minimum absolute atomic E-state index is 0.0754. The van der Waals surface area contributed by atoms with E-state index in [1.165, 1.54) is 31.5 Å². The van der Waals surface area contributed by atoms with Gasteiger partial charge in [0.15, 0.2) is 11.5 Å². The smallest absolute Gasteiger partial charge is 0.453 e. The fourth-order valence-electron chi connectivity index (χ4n) is 2.42. The van der Waals surface area contributed by atoms with E-state index in [0.717, 1.165) is 24.3 Å². The quantitative estimate of drug-likeness (QED) is 0.245. The Hall–Kier alpha value is -3.96. The Bertz CT molecular complexity index is 1060. The standard InChI is InChI=1S/C21H16F6N2O4/c1-28-10-8-14(9-11-30)29-19(31)15-12-13(20(22,23)24)6-7-16(15)32-17-4-2-3-5-18(17)33-21(25,26)27/h2-12,28H,1H3,(H,29,31)/b10-8-,14-9+. The van der Waals surface area contributed by atoms with Gasteiger partial charge in [0.25, 0.3) is 5.91 Å². The first-order valence-corrected chi connectivity index (χ1v) is 8.99. The lowest BCUT2D eigenvalue weighted by atomic mass is 10.1. The number of halogens is 6. The number of para-hydroxylation sites is 2. The first-order valence-electron chi connectivity index (χ1n) is 8.99. The molecule has 12 heteroatoms. The highest BCUT2D eigenvalue weighted by Gasteiger charge is 2.34. The van der Waals surface area contributed by atoms with E-state index in [0.29, 0.717) is 18.4 Å². The Morgan fingerprint density at radius 1 is 0.970 bits per heavy atom. The zero-order valence-electron chi connectivity index (χ0n) is 16.8. The molecule has 0 aliphatic carbocycles. The average molecular weight is 474 g/mol. The van der Waals surface area contributed by atoms with Crippen LogP contribution in [-0.2, 0) is 11.0 Å². The van der Waals surface area contributed by atoms with Crippen molar-refractivity contribution in [2.75, 3.05) is 7.05 Å². The van der Waals surface area contributed by atoms with Crippen molar-refractivity contribution in [3.8, 4) is 17.2 Å². The average Bonchev–Trinajstić information content (AvgIpc) is 2.72. The number of hydrogen-bond acceptors (Lipinski definition) is 5. The van der Waals surface area contributed by atoms with Crippen molar-refractivity contribution in [1.29, 1.82) is 0 Å². The number of benzene rings is 2. The van der Waals surface area contributed by atoms with Crippen LogP contribution in [0.1, 0.15) is 15.9 Å². The van der Waals surface area contributed by atoms with Crippen LogP contribution in [0, 0.1) is 0 Å². The number of nitrogens with one attached hydrogen (secondary N) is 2. The molecule has 0 bridgehead atoms. The van der Waals surface area contributed by atoms with Gasteiger partial charge in [-0.2, -0.15) is 13.2 Å². The van der Waals surface area contributed by atoms with E-state index in [1.807, 2.05) is 0 Å². The molecule has 0 radical (unpaired) electrons. The van der Waals surface area contributed by atoms with Gasteiger partial charge in [-0.05, 0) is 42.6 Å². The molecule has 2 aromatic carbocycles. The number of carbonyl (C=O) groups excluding carboxylic acids is 2. The predicted octanol–water partition coefficient (Wildman–Crippen LogP) is 4.94. The number of ether oxygens (including phenoxy) is 2. The van der Waals surface area contributed by atoms with Crippen LogP contribution in [0.15, 0.2) is 66.5 Å². The second kappa shape index (κ2) is 10.6. The lowest BCUT2D eigenvalue weighted by Crippen LogP contribution is -2.23. The Labute approximate surface area is 183 Å². The number of alkyl halides is 6. The molecule has 6 nitrogen and oxygen atoms in total. The summed E-state index contributed by atoms with van der Waals surface area (Å²) in [6.45, 7) is 0. The molecule has 0 aromatic heterocycles. The summed E-state index contributed by atoms with van der Waals surface area (Å²) in [6.07, 6.45) is -6.01. The van der Waals surface area contributed by atoms with Gasteiger partial charge < -0.3 is 20.1 Å². The van der Waals surface area contributed by atoms with Crippen LogP contribution in [0.2, 0.25) is 0 Å². The van der Waals surface area contributed by atoms with E-state index >= 15 is 0 Å². The van der Waals surface area contributed by atoms with E-state index in [2.05, 4.69) is 15.4 Å². The largest absolute Gasteiger partial charge is 0.573 e. The summed E-state index contributed by atoms with van der Waals surface area (Å²) in [5.41, 5.74) is -1.93. The van der Waals surface area contributed by atoms with E-state index in [4.69, 9.17) is 4.74 Å². The normalized spacial score (nSPS) is 12.4. The fraction of sp³-hybridized carbons (Fsp3) is 0.143. The molecule has 0 aliphatic rings. The number of aldehydes is 1. The van der Waals surface area contributed by atoms with Crippen molar-refractivity contribution >= 4 is 12.2 Å². The number of carbonyl (C=O) groups is 2. The third-order valence-electron chi connectivity index (χ3n) is 3.78. The molecule has 0 unspecified atom stereocenters. The van der Waals surface area contributed by atoms with Gasteiger partial charge in [-0.15, -0.1) is 13.2 Å². The van der Waals surface area contributed by atoms with Crippen LogP contribution in [0.4, 0.5) is 26.3 Å². The molecule has 176 valence electrons. The summed E-state index contributed by atoms with van der Waals surface area (Å²) in [4.78, 5) is 23.5. The molecule has 0 spiro atoms. The first-order chi connectivity index (χ1) is 15.4. The van der Waals surface area contributed by atoms with Crippen LogP contribution in [-0.4, -0.2) is 25.6 Å². The lowest BCUT2D eigenvalue weighted by Gasteiger charge is -2.17. The zero-order chi connectivity index (χ0) is 24.6. The number of amides is 1. The van der Waals surface area contributed by atoms with E-state index in [1.54, 1.807) is 0 Å². The minimum Gasteiger partial charge on any atom is -0.453 e. The summed E-state index contributed by atoms with van der Waals surface area (Å²) in [6, 6.07) is 6.39. The van der Waals surface area contributed by atoms with Crippen molar-refractivity contribution in [2.45, 2.75) is 12.5 Å². The van der Waals surface area contributed by atoms with E-state index < -0.39 is 46.8 Å². The summed E-state index contributed by atoms with van der Waals surface area (Å²) in [7, 11) is 1.52. The van der Waals surface area contributed by atoms with Crippen molar-refractivity contribution in [2.24, 2.45) is 0 Å². The highest BCUT2D eigenvalue weighted by molar-refractivity contribution is 5.98. The summed E-state index contributed by atoms with van der Waals surface area (Å²) in [5.74, 6) is -2.86. The van der Waals surface area contributed by atoms with Gasteiger partial charge >= 0.3 is 12.5 Å². The van der Waals surface area contributed by atoms with Crippen LogP contribution < -0.4 is 20.1 Å². The van der Waals surface area contributed by atoms with Gasteiger partial charge in [0.2, 0.25) is 0 Å². The third-order valence-corrected chi connectivity index (χ3v) is 3.78.